The Balaban J connectivity index is 0.995. The van der Waals surface area contributed by atoms with Gasteiger partial charge in [-0.1, -0.05) is 62.6 Å². The third-order valence-electron chi connectivity index (χ3n) is 11.7. The molecule has 318 valence electrons. The number of amides is 4. The van der Waals surface area contributed by atoms with Gasteiger partial charge in [0.25, 0.3) is 5.91 Å². The summed E-state index contributed by atoms with van der Waals surface area (Å²) in [6, 6.07) is 12.2. The van der Waals surface area contributed by atoms with Crippen molar-refractivity contribution in [1.29, 1.82) is 0 Å². The van der Waals surface area contributed by atoms with E-state index in [0.29, 0.717) is 55.3 Å². The molecule has 2 aliphatic carbocycles. The molecular weight excluding hydrogens is 775 g/mol. The number of carbonyl (C=O) groups is 4. The fourth-order valence-electron chi connectivity index (χ4n) is 8.25. The standard InChI is InChI=1S/C44H57N5O9S/c1-4-13-34(41(51)48-59(55,56)32-21-22-32)46-42(52)37-20-12-23-49(37)43(53)40(30-17-10-11-18-30)47-44(54)58-27-28(2)14-8-9-19-31-24-33-36(26-39(31)57-3)45-35(25-38(33)50)29-15-6-5-7-16-29/h4-7,15-16,24-26,28,30,32,34,37,40H,1,8-14,17-23,27H2,2-3H3,(H,45,50)(H,46,52)(H,47,54)(H,48,51)/t28?,34?,37-,40-/m0/s1. The molecule has 3 fully saturated rings. The van der Waals surface area contributed by atoms with Crippen LogP contribution in [-0.4, -0.2) is 85.8 Å². The van der Waals surface area contributed by atoms with Crippen LogP contribution in [0.1, 0.15) is 89.5 Å². The highest BCUT2D eigenvalue weighted by Crippen LogP contribution is 2.32. The van der Waals surface area contributed by atoms with Crippen LogP contribution in [0, 0.1) is 11.8 Å². The number of alkyl carbamates (subject to hydrolysis) is 1. The second-order valence-electron chi connectivity index (χ2n) is 16.2. The first-order valence-electron chi connectivity index (χ1n) is 20.9. The lowest BCUT2D eigenvalue weighted by Crippen LogP contribution is -2.57. The summed E-state index contributed by atoms with van der Waals surface area (Å²) in [5.74, 6) is -1.14. The Bertz CT molecular complexity index is 2170. The fourth-order valence-corrected chi connectivity index (χ4v) is 9.60. The molecule has 2 aromatic carbocycles. The molecule has 1 aliphatic heterocycles. The van der Waals surface area contributed by atoms with Crippen LogP contribution in [0.15, 0.2) is 66.0 Å². The van der Waals surface area contributed by atoms with Gasteiger partial charge < -0.3 is 30.0 Å². The number of fused-ring (bicyclic) bond motifs is 1. The number of ether oxygens (including phenoxy) is 2. The molecule has 4 amide bonds. The summed E-state index contributed by atoms with van der Waals surface area (Å²) in [4.78, 5) is 71.7. The van der Waals surface area contributed by atoms with Crippen LogP contribution < -0.4 is 25.5 Å². The molecule has 1 saturated heterocycles. The third kappa shape index (κ3) is 11.1. The molecule has 15 heteroatoms. The van der Waals surface area contributed by atoms with Crippen molar-refractivity contribution in [2.45, 2.75) is 114 Å². The maximum absolute atomic E-state index is 14.1. The number of carbonyl (C=O) groups excluding carboxylic acids is 4. The number of methoxy groups -OCH3 is 1. The van der Waals surface area contributed by atoms with E-state index in [4.69, 9.17) is 9.47 Å². The minimum absolute atomic E-state index is 0.00690. The van der Waals surface area contributed by atoms with E-state index in [-0.39, 0.29) is 36.2 Å². The minimum Gasteiger partial charge on any atom is -0.496 e. The Morgan fingerprint density at radius 3 is 2.42 bits per heavy atom. The van der Waals surface area contributed by atoms with E-state index in [2.05, 4.69) is 26.9 Å². The molecule has 2 unspecified atom stereocenters. The first-order chi connectivity index (χ1) is 28.4. The van der Waals surface area contributed by atoms with Crippen LogP contribution in [-0.2, 0) is 35.6 Å². The molecule has 2 heterocycles. The van der Waals surface area contributed by atoms with Crippen molar-refractivity contribution in [2.24, 2.45) is 11.8 Å². The summed E-state index contributed by atoms with van der Waals surface area (Å²) in [7, 11) is -2.20. The van der Waals surface area contributed by atoms with E-state index < -0.39 is 51.3 Å². The number of unbranched alkanes of at least 4 members (excludes halogenated alkanes) is 1. The van der Waals surface area contributed by atoms with Gasteiger partial charge in [-0.3, -0.25) is 23.9 Å². The van der Waals surface area contributed by atoms with Crippen molar-refractivity contribution in [2.75, 3.05) is 20.3 Å². The number of aromatic nitrogens is 1. The van der Waals surface area contributed by atoms with E-state index in [1.54, 1.807) is 13.2 Å². The number of hydrogen-bond acceptors (Lipinski definition) is 9. The maximum Gasteiger partial charge on any atom is 0.407 e. The molecule has 14 nitrogen and oxygen atoms in total. The monoisotopic (exact) mass is 831 g/mol. The Morgan fingerprint density at radius 2 is 1.73 bits per heavy atom. The number of nitrogens with one attached hydrogen (secondary N) is 4. The Morgan fingerprint density at radius 1 is 0.983 bits per heavy atom. The number of pyridine rings is 1. The average Bonchev–Trinajstić information content (AvgIpc) is 3.74. The Labute approximate surface area is 345 Å². The summed E-state index contributed by atoms with van der Waals surface area (Å²) in [5, 5.41) is 5.48. The molecule has 4 N–H and O–H groups in total. The Hall–Kier alpha value is -5.18. The van der Waals surface area contributed by atoms with Crippen molar-refractivity contribution >= 4 is 44.7 Å². The number of rotatable bonds is 19. The average molecular weight is 832 g/mol. The van der Waals surface area contributed by atoms with Gasteiger partial charge in [-0.15, -0.1) is 6.58 Å². The molecule has 2 saturated carbocycles. The van der Waals surface area contributed by atoms with Crippen LogP contribution in [0.2, 0.25) is 0 Å². The molecular formula is C44H57N5O9S. The second-order valence-corrected chi connectivity index (χ2v) is 18.2. The number of aryl methyl sites for hydroxylation is 1. The van der Waals surface area contributed by atoms with Crippen LogP contribution >= 0.6 is 0 Å². The van der Waals surface area contributed by atoms with E-state index in [1.807, 2.05) is 49.4 Å². The molecule has 0 spiro atoms. The molecule has 3 aromatic rings. The van der Waals surface area contributed by atoms with Gasteiger partial charge in [-0.05, 0) is 93.2 Å². The largest absolute Gasteiger partial charge is 0.496 e. The zero-order chi connectivity index (χ0) is 42.1. The summed E-state index contributed by atoms with van der Waals surface area (Å²) in [5.41, 5.74) is 3.26. The molecule has 0 radical (unpaired) electrons. The predicted octanol–water partition coefficient (Wildman–Crippen LogP) is 5.50. The van der Waals surface area contributed by atoms with Crippen molar-refractivity contribution in [1.82, 2.24) is 25.2 Å². The van der Waals surface area contributed by atoms with Gasteiger partial charge in [0.2, 0.25) is 21.8 Å². The highest BCUT2D eigenvalue weighted by atomic mass is 32.2. The topological polar surface area (TPSA) is 193 Å². The lowest BCUT2D eigenvalue weighted by Gasteiger charge is -2.32. The number of benzene rings is 2. The van der Waals surface area contributed by atoms with Crippen LogP contribution in [0.3, 0.4) is 0 Å². The Kier molecular flexibility index (Phi) is 14.5. The van der Waals surface area contributed by atoms with Crippen LogP contribution in [0.4, 0.5) is 4.79 Å². The summed E-state index contributed by atoms with van der Waals surface area (Å²) < 4.78 is 38.2. The van der Waals surface area contributed by atoms with Crippen molar-refractivity contribution in [3.05, 3.63) is 77.0 Å². The van der Waals surface area contributed by atoms with Gasteiger partial charge >= 0.3 is 6.09 Å². The normalized spacial score (nSPS) is 18.5. The smallest absolute Gasteiger partial charge is 0.407 e. The molecule has 1 aromatic heterocycles. The quantitative estimate of drug-likeness (QED) is 0.0893. The van der Waals surface area contributed by atoms with Crippen molar-refractivity contribution < 1.29 is 37.1 Å². The maximum atomic E-state index is 14.1. The summed E-state index contributed by atoms with van der Waals surface area (Å²) in [6.45, 7) is 6.11. The second kappa shape index (κ2) is 19.7. The van der Waals surface area contributed by atoms with E-state index in [9.17, 15) is 32.4 Å². The SMILES string of the molecule is C=CCC(NC(=O)[C@@H]1CCCN1C(=O)[C@@H](NC(=O)OCC(C)CCCCc1cc2c(=O)cc(-c3ccccc3)[nH]c2cc1OC)C1CCCC1)C(=O)NS(=O)(=O)C1CC1. The highest BCUT2D eigenvalue weighted by Gasteiger charge is 2.43. The van der Waals surface area contributed by atoms with Gasteiger partial charge in [0.05, 0.1) is 24.5 Å². The molecule has 0 bridgehead atoms. The number of hydrogen-bond donors (Lipinski definition) is 4. The zero-order valence-corrected chi connectivity index (χ0v) is 34.8. The fraction of sp³-hybridized carbons (Fsp3) is 0.523. The van der Waals surface area contributed by atoms with E-state index >= 15 is 0 Å². The first-order valence-corrected chi connectivity index (χ1v) is 22.4. The minimum atomic E-state index is -3.82. The number of H-pyrrole nitrogens is 1. The third-order valence-corrected chi connectivity index (χ3v) is 13.5. The van der Waals surface area contributed by atoms with Gasteiger partial charge in [-0.2, -0.15) is 0 Å². The van der Waals surface area contributed by atoms with Crippen LogP contribution in [0.5, 0.6) is 5.75 Å². The molecule has 6 rings (SSSR count). The van der Waals surface area contributed by atoms with E-state index in [0.717, 1.165) is 61.8 Å². The number of aromatic amines is 1. The molecule has 3 aliphatic rings. The summed E-state index contributed by atoms with van der Waals surface area (Å²) >= 11 is 0. The summed E-state index contributed by atoms with van der Waals surface area (Å²) in [6.07, 6.45) is 9.14. The van der Waals surface area contributed by atoms with Gasteiger partial charge in [0.1, 0.15) is 23.9 Å². The number of likely N-dealkylation sites (tertiary alicyclic amines) is 1. The van der Waals surface area contributed by atoms with Gasteiger partial charge in [-0.25, -0.2) is 13.2 Å². The zero-order valence-electron chi connectivity index (χ0n) is 34.0. The van der Waals surface area contributed by atoms with E-state index in [1.165, 1.54) is 11.0 Å². The molecule has 4 atom stereocenters. The lowest BCUT2D eigenvalue weighted by atomic mass is 9.96. The first kappa shape index (κ1) is 43.4. The number of nitrogens with zero attached hydrogens (tertiary/aromatic N) is 1. The van der Waals surface area contributed by atoms with Gasteiger partial charge in [0, 0.05) is 29.8 Å². The van der Waals surface area contributed by atoms with Gasteiger partial charge in [0.15, 0.2) is 5.43 Å². The lowest BCUT2D eigenvalue weighted by molar-refractivity contribution is -0.141. The van der Waals surface area contributed by atoms with Crippen molar-refractivity contribution in [3.8, 4) is 17.0 Å². The van der Waals surface area contributed by atoms with Crippen LogP contribution in [0.25, 0.3) is 22.2 Å². The molecule has 59 heavy (non-hydrogen) atoms. The predicted molar refractivity (Wildman–Crippen MR) is 225 cm³/mol. The number of sulfonamides is 1. The van der Waals surface area contributed by atoms with Crippen molar-refractivity contribution in [3.63, 3.8) is 0 Å². The highest BCUT2D eigenvalue weighted by molar-refractivity contribution is 7.90.